The van der Waals surface area contributed by atoms with Crippen molar-refractivity contribution in [3.05, 3.63) is 253 Å². The predicted molar refractivity (Wildman–Crippen MR) is 261 cm³/mol. The molecule has 0 fully saturated rings. The summed E-state index contributed by atoms with van der Waals surface area (Å²) in [7, 11) is 0. The van der Waals surface area contributed by atoms with Gasteiger partial charge >= 0.3 is 0 Å². The molecule has 62 heavy (non-hydrogen) atoms. The van der Waals surface area contributed by atoms with Gasteiger partial charge in [0.15, 0.2) is 0 Å². The number of aromatic nitrogens is 1. The zero-order chi connectivity index (χ0) is 41.2. The predicted octanol–water partition coefficient (Wildman–Crippen LogP) is 15.9. The fourth-order valence-electron chi connectivity index (χ4n) is 10.7. The Hall–Kier alpha value is -7.68. The highest BCUT2D eigenvalue weighted by Crippen LogP contribution is 2.59. The Balaban J connectivity index is 1.03. The minimum Gasteiger partial charge on any atom is -0.310 e. The van der Waals surface area contributed by atoms with Crippen molar-refractivity contribution in [3.63, 3.8) is 0 Å². The van der Waals surface area contributed by atoms with Crippen LogP contribution in [0.1, 0.15) is 30.0 Å². The van der Waals surface area contributed by atoms with E-state index < -0.39 is 5.41 Å². The van der Waals surface area contributed by atoms with Crippen LogP contribution in [0, 0.1) is 5.92 Å². The molecule has 2 atom stereocenters. The first-order chi connectivity index (χ1) is 30.7. The summed E-state index contributed by atoms with van der Waals surface area (Å²) in [4.78, 5) is 2.45. The Morgan fingerprint density at radius 1 is 0.484 bits per heavy atom. The van der Waals surface area contributed by atoms with Crippen LogP contribution in [-0.4, -0.2) is 4.57 Å². The summed E-state index contributed by atoms with van der Waals surface area (Å²) in [5.74, 6) is 0.376. The molecule has 2 heteroatoms. The smallest absolute Gasteiger partial charge is 0.0679 e. The molecule has 294 valence electrons. The molecule has 2 nitrogen and oxygen atoms in total. The molecule has 2 aliphatic rings. The van der Waals surface area contributed by atoms with Crippen molar-refractivity contribution in [1.82, 2.24) is 4.57 Å². The Morgan fingerprint density at radius 2 is 1.13 bits per heavy atom. The maximum absolute atomic E-state index is 2.49. The van der Waals surface area contributed by atoms with Crippen LogP contribution >= 0.6 is 0 Å². The summed E-state index contributed by atoms with van der Waals surface area (Å²) < 4.78 is 2.38. The van der Waals surface area contributed by atoms with Crippen molar-refractivity contribution in [2.24, 2.45) is 5.92 Å². The summed E-state index contributed by atoms with van der Waals surface area (Å²) in [6.07, 6.45) is 8.01. The van der Waals surface area contributed by atoms with E-state index in [0.717, 1.165) is 23.5 Å². The molecule has 0 amide bonds. The molecular formula is C60H44N2. The second-order valence-corrected chi connectivity index (χ2v) is 16.9. The number of benzene rings is 9. The van der Waals surface area contributed by atoms with E-state index in [0.29, 0.717) is 5.92 Å². The highest BCUT2D eigenvalue weighted by Gasteiger charge is 2.48. The fraction of sp³-hybridized carbons (Fsp3) is 0.0667. The highest BCUT2D eigenvalue weighted by atomic mass is 15.1. The lowest BCUT2D eigenvalue weighted by molar-refractivity contribution is 0.576. The van der Waals surface area contributed by atoms with Crippen molar-refractivity contribution in [3.8, 4) is 27.9 Å². The molecule has 2 unspecified atom stereocenters. The largest absolute Gasteiger partial charge is 0.310 e. The van der Waals surface area contributed by atoms with Crippen molar-refractivity contribution < 1.29 is 0 Å². The van der Waals surface area contributed by atoms with Crippen LogP contribution < -0.4 is 4.90 Å². The molecule has 0 bridgehead atoms. The van der Waals surface area contributed by atoms with Gasteiger partial charge in [0, 0.05) is 33.5 Å². The van der Waals surface area contributed by atoms with Gasteiger partial charge in [0.05, 0.1) is 16.4 Å². The van der Waals surface area contributed by atoms with E-state index in [4.69, 9.17) is 0 Å². The van der Waals surface area contributed by atoms with Gasteiger partial charge in [-0.25, -0.2) is 0 Å². The summed E-state index contributed by atoms with van der Waals surface area (Å²) in [5, 5.41) is 4.96. The summed E-state index contributed by atoms with van der Waals surface area (Å²) in [5.41, 5.74) is 17.0. The number of hydrogen-bond acceptors (Lipinski definition) is 1. The molecule has 0 spiro atoms. The van der Waals surface area contributed by atoms with Gasteiger partial charge in [-0.3, -0.25) is 0 Å². The Kier molecular flexibility index (Phi) is 8.47. The Bertz CT molecular complexity index is 3390. The van der Waals surface area contributed by atoms with Crippen molar-refractivity contribution >= 4 is 49.6 Å². The fourth-order valence-corrected chi connectivity index (χ4v) is 10.7. The third-order valence-electron chi connectivity index (χ3n) is 13.5. The monoisotopic (exact) mass is 792 g/mol. The number of hydrogen-bond donors (Lipinski definition) is 0. The van der Waals surface area contributed by atoms with Gasteiger partial charge in [0.1, 0.15) is 0 Å². The van der Waals surface area contributed by atoms with Gasteiger partial charge in [0.25, 0.3) is 0 Å². The van der Waals surface area contributed by atoms with Gasteiger partial charge in [0.2, 0.25) is 0 Å². The maximum Gasteiger partial charge on any atom is 0.0679 e. The molecule has 0 N–H and O–H groups in total. The molecule has 0 aliphatic heterocycles. The lowest BCUT2D eigenvalue weighted by Gasteiger charge is -2.40. The lowest BCUT2D eigenvalue weighted by Crippen LogP contribution is -2.33. The molecule has 12 rings (SSSR count). The molecule has 2 aliphatic carbocycles. The van der Waals surface area contributed by atoms with Crippen LogP contribution in [0.15, 0.2) is 236 Å². The highest BCUT2D eigenvalue weighted by molar-refractivity contribution is 6.10. The molecule has 1 aromatic heterocycles. The van der Waals surface area contributed by atoms with Gasteiger partial charge in [-0.2, -0.15) is 0 Å². The van der Waals surface area contributed by atoms with Crippen LogP contribution in [-0.2, 0) is 5.41 Å². The molecular weight excluding hydrogens is 749 g/mol. The van der Waals surface area contributed by atoms with Crippen molar-refractivity contribution in [2.45, 2.75) is 18.8 Å². The summed E-state index contributed by atoms with van der Waals surface area (Å²) >= 11 is 0. The first-order valence-electron chi connectivity index (χ1n) is 21.8. The number of para-hydroxylation sites is 2. The zero-order valence-corrected chi connectivity index (χ0v) is 34.6. The van der Waals surface area contributed by atoms with Gasteiger partial charge in [-0.05, 0) is 134 Å². The van der Waals surface area contributed by atoms with Crippen molar-refractivity contribution in [2.75, 3.05) is 4.90 Å². The molecule has 0 saturated carbocycles. The molecule has 1 heterocycles. The van der Waals surface area contributed by atoms with E-state index in [1.165, 1.54) is 82.8 Å². The second-order valence-electron chi connectivity index (χ2n) is 16.9. The standard InChI is InChI=1S/C60H44N2/c1-41-16-8-13-25-55(41)60(46-19-4-2-5-20-46)56-26-14-11-23-51(56)52-36-35-50(40-57(52)60)61(49-34-30-42-17-9-10-18-44(42)38-49)48-32-28-43(29-33-48)45-31-37-59-54(39-45)53-24-12-15-27-58(53)62(59)47-21-6-3-7-22-47/h2-15,17-41H,16H2,1H3. The van der Waals surface area contributed by atoms with E-state index in [1.54, 1.807) is 0 Å². The third kappa shape index (κ3) is 5.57. The Labute approximate surface area is 363 Å². The molecule has 0 radical (unpaired) electrons. The van der Waals surface area contributed by atoms with Gasteiger partial charge in [-0.15, -0.1) is 0 Å². The summed E-state index contributed by atoms with van der Waals surface area (Å²) in [6, 6.07) is 78.6. The van der Waals surface area contributed by atoms with Gasteiger partial charge in [-0.1, -0.05) is 171 Å². The quantitative estimate of drug-likeness (QED) is 0.156. The average Bonchev–Trinajstić information content (AvgIpc) is 3.83. The number of fused-ring (bicyclic) bond motifs is 7. The molecule has 10 aromatic rings. The SMILES string of the molecule is CC1CC=CC=C1C1(c2ccccc2)c2ccccc2-c2ccc(N(c3ccc(-c4ccc5c(c4)c4ccccc4n5-c4ccccc4)cc3)c3ccc4ccccc4c3)cc21. The normalized spacial score (nSPS) is 16.7. The first kappa shape index (κ1) is 36.2. The van der Waals surface area contributed by atoms with Crippen LogP contribution in [0.2, 0.25) is 0 Å². The minimum atomic E-state index is -0.436. The number of anilines is 3. The topological polar surface area (TPSA) is 8.17 Å². The van der Waals surface area contributed by atoms with E-state index in [2.05, 4.69) is 247 Å². The third-order valence-corrected chi connectivity index (χ3v) is 13.5. The van der Waals surface area contributed by atoms with E-state index >= 15 is 0 Å². The number of nitrogens with zero attached hydrogens (tertiary/aromatic N) is 2. The average molecular weight is 793 g/mol. The second kappa shape index (κ2) is 14.5. The van der Waals surface area contributed by atoms with Crippen LogP contribution in [0.5, 0.6) is 0 Å². The minimum absolute atomic E-state index is 0.376. The van der Waals surface area contributed by atoms with Gasteiger partial charge < -0.3 is 9.47 Å². The number of rotatable bonds is 7. The van der Waals surface area contributed by atoms with E-state index in [-0.39, 0.29) is 0 Å². The van der Waals surface area contributed by atoms with E-state index in [1.807, 2.05) is 0 Å². The maximum atomic E-state index is 2.49. The van der Waals surface area contributed by atoms with E-state index in [9.17, 15) is 0 Å². The van der Waals surface area contributed by atoms with Crippen LogP contribution in [0.4, 0.5) is 17.1 Å². The molecule has 9 aromatic carbocycles. The molecule has 0 saturated heterocycles. The zero-order valence-electron chi connectivity index (χ0n) is 34.6. The van der Waals surface area contributed by atoms with Crippen LogP contribution in [0.3, 0.4) is 0 Å². The number of allylic oxidation sites excluding steroid dienone is 4. The van der Waals surface area contributed by atoms with Crippen LogP contribution in [0.25, 0.3) is 60.5 Å². The lowest BCUT2D eigenvalue weighted by atomic mass is 9.63. The van der Waals surface area contributed by atoms with Crippen molar-refractivity contribution in [1.29, 1.82) is 0 Å². The Morgan fingerprint density at radius 3 is 1.97 bits per heavy atom. The first-order valence-corrected chi connectivity index (χ1v) is 21.8. The summed E-state index contributed by atoms with van der Waals surface area (Å²) in [6.45, 7) is 2.40.